The summed E-state index contributed by atoms with van der Waals surface area (Å²) >= 11 is 5.83. The van der Waals surface area contributed by atoms with Crippen LogP contribution < -0.4 is 10.5 Å². The van der Waals surface area contributed by atoms with Crippen molar-refractivity contribution >= 4 is 23.1 Å². The number of halogens is 1. The molecule has 2 aromatic rings. The molecule has 0 bridgehead atoms. The van der Waals surface area contributed by atoms with Crippen LogP contribution in [0.3, 0.4) is 0 Å². The quantitative estimate of drug-likeness (QED) is 0.677. The largest absolute Gasteiger partial charge is 0.492 e. The lowest BCUT2D eigenvalue weighted by molar-refractivity contribution is 0.103. The van der Waals surface area contributed by atoms with E-state index in [1.807, 2.05) is 6.92 Å². The molecule has 5 heteroatoms. The van der Waals surface area contributed by atoms with Crippen molar-refractivity contribution in [1.82, 2.24) is 4.98 Å². The van der Waals surface area contributed by atoms with Gasteiger partial charge in [-0.15, -0.1) is 0 Å². The van der Waals surface area contributed by atoms with Gasteiger partial charge in [-0.05, 0) is 30.7 Å². The number of anilines is 1. The van der Waals surface area contributed by atoms with E-state index in [9.17, 15) is 4.79 Å². The van der Waals surface area contributed by atoms with Gasteiger partial charge in [0.05, 0.1) is 12.8 Å². The summed E-state index contributed by atoms with van der Waals surface area (Å²) in [5, 5.41) is 0.497. The highest BCUT2D eigenvalue weighted by atomic mass is 35.5. The molecule has 0 aliphatic carbocycles. The summed E-state index contributed by atoms with van der Waals surface area (Å²) in [5.41, 5.74) is 7.01. The highest BCUT2D eigenvalue weighted by Gasteiger charge is 2.13. The number of nitrogens with two attached hydrogens (primary N) is 1. The Bertz CT molecular complexity index is 629. The molecule has 0 amide bonds. The number of rotatable bonds is 5. The van der Waals surface area contributed by atoms with Gasteiger partial charge in [0.1, 0.15) is 5.75 Å². The summed E-state index contributed by atoms with van der Waals surface area (Å²) in [6.45, 7) is 2.60. The zero-order valence-electron chi connectivity index (χ0n) is 11.1. The molecule has 4 nitrogen and oxygen atoms in total. The summed E-state index contributed by atoms with van der Waals surface area (Å²) in [4.78, 5) is 16.4. The van der Waals surface area contributed by atoms with E-state index < -0.39 is 0 Å². The Morgan fingerprint density at radius 3 is 2.85 bits per heavy atom. The molecular weight excluding hydrogens is 276 g/mol. The number of carbonyl (C=O) groups is 1. The molecule has 2 rings (SSSR count). The highest BCUT2D eigenvalue weighted by molar-refractivity contribution is 6.31. The molecule has 1 aromatic carbocycles. The molecule has 0 unspecified atom stereocenters. The molecule has 104 valence electrons. The maximum absolute atomic E-state index is 12.4. The van der Waals surface area contributed by atoms with Gasteiger partial charge in [-0.2, -0.15) is 0 Å². The fourth-order valence-electron chi connectivity index (χ4n) is 1.74. The maximum Gasteiger partial charge on any atom is 0.196 e. The van der Waals surface area contributed by atoms with Crippen molar-refractivity contribution < 1.29 is 9.53 Å². The van der Waals surface area contributed by atoms with Gasteiger partial charge in [0.15, 0.2) is 5.78 Å². The van der Waals surface area contributed by atoms with Crippen molar-refractivity contribution in [1.29, 1.82) is 0 Å². The van der Waals surface area contributed by atoms with Crippen LogP contribution in [0.2, 0.25) is 5.02 Å². The van der Waals surface area contributed by atoms with E-state index in [1.165, 1.54) is 6.20 Å². The fourth-order valence-corrected chi connectivity index (χ4v) is 1.92. The first-order valence-corrected chi connectivity index (χ1v) is 6.67. The number of pyridine rings is 1. The smallest absolute Gasteiger partial charge is 0.196 e. The SMILES string of the molecule is CCCOc1cncc(C(=O)c2ccc(Cl)cc2N)c1. The number of benzene rings is 1. The second-order valence-corrected chi connectivity index (χ2v) is 4.75. The Morgan fingerprint density at radius 2 is 2.15 bits per heavy atom. The van der Waals surface area contributed by atoms with E-state index in [1.54, 1.807) is 30.5 Å². The van der Waals surface area contributed by atoms with Crippen molar-refractivity contribution in [3.8, 4) is 5.75 Å². The number of carbonyl (C=O) groups excluding carboxylic acids is 1. The Labute approximate surface area is 122 Å². The Balaban J connectivity index is 2.28. The number of ether oxygens (including phenoxy) is 1. The fraction of sp³-hybridized carbons (Fsp3) is 0.200. The van der Waals surface area contributed by atoms with Crippen LogP contribution in [0.1, 0.15) is 29.3 Å². The second-order valence-electron chi connectivity index (χ2n) is 4.32. The zero-order valence-corrected chi connectivity index (χ0v) is 11.9. The topological polar surface area (TPSA) is 65.2 Å². The van der Waals surface area contributed by atoms with Crippen LogP contribution in [0.15, 0.2) is 36.7 Å². The molecule has 1 heterocycles. The van der Waals surface area contributed by atoms with E-state index >= 15 is 0 Å². The average Bonchev–Trinajstić information content (AvgIpc) is 2.45. The van der Waals surface area contributed by atoms with Crippen molar-refractivity contribution in [2.45, 2.75) is 13.3 Å². The van der Waals surface area contributed by atoms with Gasteiger partial charge >= 0.3 is 0 Å². The summed E-state index contributed by atoms with van der Waals surface area (Å²) in [7, 11) is 0. The number of hydrogen-bond acceptors (Lipinski definition) is 4. The molecule has 0 aliphatic heterocycles. The first-order valence-electron chi connectivity index (χ1n) is 6.29. The molecule has 0 radical (unpaired) electrons. The molecular formula is C15H15ClN2O2. The van der Waals surface area contributed by atoms with Crippen molar-refractivity contribution in [2.75, 3.05) is 12.3 Å². The van der Waals surface area contributed by atoms with Gasteiger partial charge in [0, 0.05) is 28.0 Å². The average molecular weight is 291 g/mol. The molecule has 0 spiro atoms. The molecule has 0 saturated carbocycles. The van der Waals surface area contributed by atoms with Crippen LogP contribution in [-0.2, 0) is 0 Å². The summed E-state index contributed by atoms with van der Waals surface area (Å²) in [5.74, 6) is 0.374. The number of hydrogen-bond donors (Lipinski definition) is 1. The van der Waals surface area contributed by atoms with Crippen LogP contribution in [0, 0.1) is 0 Å². The maximum atomic E-state index is 12.4. The summed E-state index contributed by atoms with van der Waals surface area (Å²) in [6, 6.07) is 6.47. The standard InChI is InChI=1S/C15H15ClN2O2/c1-2-5-20-12-6-10(8-18-9-12)15(19)13-4-3-11(16)7-14(13)17/h3-4,6-9H,2,5,17H2,1H3. The third-order valence-corrected chi connectivity index (χ3v) is 2.94. The third kappa shape index (κ3) is 3.27. The van der Waals surface area contributed by atoms with E-state index in [-0.39, 0.29) is 5.78 Å². The lowest BCUT2D eigenvalue weighted by Gasteiger charge is -2.07. The zero-order chi connectivity index (χ0) is 14.5. The summed E-state index contributed by atoms with van der Waals surface area (Å²) in [6.07, 6.45) is 3.97. The van der Waals surface area contributed by atoms with Crippen LogP contribution in [0.5, 0.6) is 5.75 Å². The first kappa shape index (κ1) is 14.3. The minimum Gasteiger partial charge on any atom is -0.492 e. The summed E-state index contributed by atoms with van der Waals surface area (Å²) < 4.78 is 5.46. The Morgan fingerprint density at radius 1 is 1.35 bits per heavy atom. The van der Waals surface area contributed by atoms with E-state index in [2.05, 4.69) is 4.98 Å². The van der Waals surface area contributed by atoms with Crippen molar-refractivity contribution in [3.63, 3.8) is 0 Å². The first-order chi connectivity index (χ1) is 9.61. The lowest BCUT2D eigenvalue weighted by atomic mass is 10.0. The lowest BCUT2D eigenvalue weighted by Crippen LogP contribution is -2.06. The molecule has 0 saturated heterocycles. The van der Waals surface area contributed by atoms with Crippen LogP contribution in [0.4, 0.5) is 5.69 Å². The van der Waals surface area contributed by atoms with Crippen molar-refractivity contribution in [2.24, 2.45) is 0 Å². The van der Waals surface area contributed by atoms with Crippen LogP contribution >= 0.6 is 11.6 Å². The van der Waals surface area contributed by atoms with Gasteiger partial charge < -0.3 is 10.5 Å². The number of nitrogen functional groups attached to an aromatic ring is 1. The minimum absolute atomic E-state index is 0.200. The Hall–Kier alpha value is -2.07. The van der Waals surface area contributed by atoms with Gasteiger partial charge in [-0.25, -0.2) is 0 Å². The monoisotopic (exact) mass is 290 g/mol. The van der Waals surface area contributed by atoms with Gasteiger partial charge in [-0.1, -0.05) is 18.5 Å². The third-order valence-electron chi connectivity index (χ3n) is 2.71. The number of nitrogens with zero attached hydrogens (tertiary/aromatic N) is 1. The number of aromatic nitrogens is 1. The second kappa shape index (κ2) is 6.39. The van der Waals surface area contributed by atoms with Crippen LogP contribution in [-0.4, -0.2) is 17.4 Å². The highest BCUT2D eigenvalue weighted by Crippen LogP contribution is 2.22. The van der Waals surface area contributed by atoms with Gasteiger partial charge in [-0.3, -0.25) is 9.78 Å². The molecule has 0 atom stereocenters. The van der Waals surface area contributed by atoms with Crippen LogP contribution in [0.25, 0.3) is 0 Å². The molecule has 1 aromatic heterocycles. The van der Waals surface area contributed by atoms with E-state index in [0.29, 0.717) is 34.2 Å². The molecule has 2 N–H and O–H groups in total. The van der Waals surface area contributed by atoms with Gasteiger partial charge in [0.2, 0.25) is 0 Å². The Kier molecular flexibility index (Phi) is 4.58. The predicted molar refractivity (Wildman–Crippen MR) is 79.3 cm³/mol. The van der Waals surface area contributed by atoms with E-state index in [0.717, 1.165) is 6.42 Å². The van der Waals surface area contributed by atoms with Gasteiger partial charge in [0.25, 0.3) is 0 Å². The molecule has 20 heavy (non-hydrogen) atoms. The molecule has 0 aliphatic rings. The molecule has 0 fully saturated rings. The number of ketones is 1. The minimum atomic E-state index is -0.200. The normalized spacial score (nSPS) is 10.3. The van der Waals surface area contributed by atoms with E-state index in [4.69, 9.17) is 22.1 Å². The van der Waals surface area contributed by atoms with Crippen molar-refractivity contribution in [3.05, 3.63) is 52.8 Å². The predicted octanol–water partition coefficient (Wildman–Crippen LogP) is 3.34.